The summed E-state index contributed by atoms with van der Waals surface area (Å²) in [5.74, 6) is -0.986. The van der Waals surface area contributed by atoms with Gasteiger partial charge in [0.05, 0.1) is 7.11 Å². The van der Waals surface area contributed by atoms with Crippen molar-refractivity contribution in [3.63, 3.8) is 0 Å². The molecule has 1 aromatic rings. The van der Waals surface area contributed by atoms with Crippen LogP contribution < -0.4 is 4.74 Å². The summed E-state index contributed by atoms with van der Waals surface area (Å²) in [6.45, 7) is 0.268. The van der Waals surface area contributed by atoms with E-state index in [9.17, 15) is 9.90 Å². The summed E-state index contributed by atoms with van der Waals surface area (Å²) in [5.41, 5.74) is 1.34. The summed E-state index contributed by atoms with van der Waals surface area (Å²) in [6, 6.07) is 6.92. The molecule has 144 valence electrons. The maximum atomic E-state index is 12.7. The van der Waals surface area contributed by atoms with Crippen molar-refractivity contribution in [2.75, 3.05) is 13.7 Å². The van der Waals surface area contributed by atoms with E-state index in [2.05, 4.69) is 0 Å². The molecular formula is C21H24O6. The third-order valence-electron chi connectivity index (χ3n) is 5.59. The number of hydrogen-bond acceptors (Lipinski definition) is 6. The van der Waals surface area contributed by atoms with Crippen LogP contribution in [0.5, 0.6) is 5.75 Å². The first-order valence-corrected chi connectivity index (χ1v) is 9.45. The average molecular weight is 372 g/mol. The lowest BCUT2D eigenvalue weighted by Crippen LogP contribution is -2.30. The zero-order valence-electron chi connectivity index (χ0n) is 15.4. The van der Waals surface area contributed by atoms with Crippen LogP contribution >= 0.6 is 0 Å². The molecule has 2 aliphatic heterocycles. The Bertz CT molecular complexity index is 772. The summed E-state index contributed by atoms with van der Waals surface area (Å²) >= 11 is 0. The molecule has 1 fully saturated rings. The van der Waals surface area contributed by atoms with Crippen molar-refractivity contribution in [2.45, 2.75) is 44.3 Å². The molecule has 4 rings (SSSR count). The fourth-order valence-electron chi connectivity index (χ4n) is 4.14. The van der Waals surface area contributed by atoms with Crippen LogP contribution in [0.1, 0.15) is 44.1 Å². The summed E-state index contributed by atoms with van der Waals surface area (Å²) in [4.78, 5) is 22.8. The number of hydrogen-bond donors (Lipinski definition) is 1. The van der Waals surface area contributed by atoms with E-state index in [0.29, 0.717) is 35.0 Å². The molecule has 1 saturated carbocycles. The Morgan fingerprint density at radius 2 is 1.93 bits per heavy atom. The average Bonchev–Trinajstić information content (AvgIpc) is 3.30. The number of aliphatic hydroxyl groups is 1. The van der Waals surface area contributed by atoms with Crippen LogP contribution in [-0.2, 0) is 25.1 Å². The summed E-state index contributed by atoms with van der Waals surface area (Å²) in [7, 11) is 1.58. The van der Waals surface area contributed by atoms with Crippen molar-refractivity contribution in [1.82, 2.24) is 0 Å². The Morgan fingerprint density at radius 1 is 1.19 bits per heavy atom. The van der Waals surface area contributed by atoms with Crippen molar-refractivity contribution >= 4 is 5.97 Å². The number of esters is 1. The molecule has 0 radical (unpaired) electrons. The van der Waals surface area contributed by atoms with Gasteiger partial charge in [0.1, 0.15) is 17.9 Å². The largest absolute Gasteiger partial charge is 0.497 e. The number of ether oxygens (including phenoxy) is 2. The van der Waals surface area contributed by atoms with Gasteiger partial charge in [-0.25, -0.2) is 4.79 Å². The maximum Gasteiger partial charge on any atom is 0.345 e. The van der Waals surface area contributed by atoms with Crippen LogP contribution in [0.15, 0.2) is 47.2 Å². The Balaban J connectivity index is 1.75. The van der Waals surface area contributed by atoms with Gasteiger partial charge in [-0.3, -0.25) is 0 Å². The quantitative estimate of drug-likeness (QED) is 0.630. The number of cyclic esters (lactones) is 1. The lowest BCUT2D eigenvalue weighted by molar-refractivity contribution is -0.231. The number of rotatable bonds is 5. The van der Waals surface area contributed by atoms with E-state index in [1.807, 2.05) is 0 Å². The third kappa shape index (κ3) is 3.35. The molecule has 1 N–H and O–H groups in total. The molecule has 0 bridgehead atoms. The molecule has 1 atom stereocenters. The predicted octanol–water partition coefficient (Wildman–Crippen LogP) is 3.51. The minimum absolute atomic E-state index is 0.268. The SMILES string of the molecule is COc1ccc(C2(O)OC(=O)C(C3=CCOO3)=C2CC2CCCCC2)cc1. The van der Waals surface area contributed by atoms with E-state index in [1.165, 1.54) is 19.3 Å². The molecule has 27 heavy (non-hydrogen) atoms. The Labute approximate surface area is 158 Å². The minimum Gasteiger partial charge on any atom is -0.497 e. The van der Waals surface area contributed by atoms with Crippen molar-refractivity contribution < 1.29 is 29.1 Å². The lowest BCUT2D eigenvalue weighted by atomic mass is 9.80. The molecule has 1 aliphatic carbocycles. The van der Waals surface area contributed by atoms with Gasteiger partial charge in [-0.05, 0) is 42.7 Å². The van der Waals surface area contributed by atoms with Gasteiger partial charge in [0.15, 0.2) is 5.76 Å². The molecule has 0 saturated heterocycles. The van der Waals surface area contributed by atoms with Crippen LogP contribution in [-0.4, -0.2) is 24.8 Å². The summed E-state index contributed by atoms with van der Waals surface area (Å²) < 4.78 is 10.7. The van der Waals surface area contributed by atoms with Gasteiger partial charge in [-0.1, -0.05) is 32.1 Å². The Morgan fingerprint density at radius 3 is 2.56 bits per heavy atom. The summed E-state index contributed by atoms with van der Waals surface area (Å²) in [5, 5.41) is 11.5. The zero-order chi connectivity index (χ0) is 18.9. The van der Waals surface area contributed by atoms with Gasteiger partial charge in [-0.2, -0.15) is 4.89 Å². The first kappa shape index (κ1) is 18.1. The molecule has 0 amide bonds. The molecule has 1 unspecified atom stereocenters. The summed E-state index contributed by atoms with van der Waals surface area (Å²) in [6.07, 6.45) is 8.03. The second kappa shape index (κ2) is 7.37. The second-order valence-corrected chi connectivity index (χ2v) is 7.26. The van der Waals surface area contributed by atoms with Crippen molar-refractivity contribution in [2.24, 2.45) is 5.92 Å². The second-order valence-electron chi connectivity index (χ2n) is 7.26. The fraction of sp³-hybridized carbons (Fsp3) is 0.476. The molecule has 3 aliphatic rings. The first-order valence-electron chi connectivity index (χ1n) is 9.45. The molecule has 0 spiro atoms. The molecule has 1 aromatic carbocycles. The zero-order valence-corrected chi connectivity index (χ0v) is 15.4. The van der Waals surface area contributed by atoms with Gasteiger partial charge in [0, 0.05) is 11.1 Å². The first-order chi connectivity index (χ1) is 13.1. The van der Waals surface area contributed by atoms with Gasteiger partial charge < -0.3 is 19.5 Å². The molecule has 2 heterocycles. The third-order valence-corrected chi connectivity index (χ3v) is 5.59. The van der Waals surface area contributed by atoms with Gasteiger partial charge >= 0.3 is 5.97 Å². The van der Waals surface area contributed by atoms with E-state index in [0.717, 1.165) is 12.8 Å². The Kier molecular flexibility index (Phi) is 4.93. The highest BCUT2D eigenvalue weighted by atomic mass is 17.2. The van der Waals surface area contributed by atoms with Crippen LogP contribution in [0.4, 0.5) is 0 Å². The normalized spacial score (nSPS) is 26.0. The van der Waals surface area contributed by atoms with E-state index in [1.54, 1.807) is 37.5 Å². The number of carbonyl (C=O) groups is 1. The molecular weight excluding hydrogens is 348 g/mol. The van der Waals surface area contributed by atoms with Gasteiger partial charge in [0.2, 0.25) is 0 Å². The highest BCUT2D eigenvalue weighted by Gasteiger charge is 2.50. The van der Waals surface area contributed by atoms with E-state index >= 15 is 0 Å². The lowest BCUT2D eigenvalue weighted by Gasteiger charge is -2.29. The van der Waals surface area contributed by atoms with Crippen LogP contribution in [0, 0.1) is 5.92 Å². The molecule has 6 heteroatoms. The number of methoxy groups -OCH3 is 1. The number of carbonyl (C=O) groups excluding carboxylic acids is 1. The highest BCUT2D eigenvalue weighted by Crippen LogP contribution is 2.47. The predicted molar refractivity (Wildman–Crippen MR) is 96.3 cm³/mol. The van der Waals surface area contributed by atoms with E-state index in [4.69, 9.17) is 19.2 Å². The van der Waals surface area contributed by atoms with Crippen LogP contribution in [0.2, 0.25) is 0 Å². The van der Waals surface area contributed by atoms with Gasteiger partial charge in [-0.15, -0.1) is 0 Å². The van der Waals surface area contributed by atoms with Crippen LogP contribution in [0.3, 0.4) is 0 Å². The standard InChI is InChI=1S/C21H24O6/c1-24-16-9-7-15(8-10-16)21(23)17(13-14-5-3-2-4-6-14)19(20(22)26-21)18-11-12-25-27-18/h7-11,14,23H,2-6,12-13H2,1H3. The van der Waals surface area contributed by atoms with Crippen molar-refractivity contribution in [3.05, 3.63) is 52.8 Å². The highest BCUT2D eigenvalue weighted by molar-refractivity contribution is 5.97. The van der Waals surface area contributed by atoms with Crippen LogP contribution in [0.25, 0.3) is 0 Å². The smallest absolute Gasteiger partial charge is 0.345 e. The molecule has 0 aromatic heterocycles. The topological polar surface area (TPSA) is 74.2 Å². The van der Waals surface area contributed by atoms with Gasteiger partial charge in [0.25, 0.3) is 5.79 Å². The van der Waals surface area contributed by atoms with E-state index < -0.39 is 11.8 Å². The van der Waals surface area contributed by atoms with Crippen molar-refractivity contribution in [3.8, 4) is 5.75 Å². The van der Waals surface area contributed by atoms with E-state index in [-0.39, 0.29) is 12.2 Å². The maximum absolute atomic E-state index is 12.7. The number of benzene rings is 1. The van der Waals surface area contributed by atoms with Crippen molar-refractivity contribution in [1.29, 1.82) is 0 Å². The monoisotopic (exact) mass is 372 g/mol. The Hall–Kier alpha value is -2.31. The minimum atomic E-state index is -1.80. The molecule has 6 nitrogen and oxygen atoms in total. The fourth-order valence-corrected chi connectivity index (χ4v) is 4.14.